The van der Waals surface area contributed by atoms with Gasteiger partial charge in [0.25, 0.3) is 0 Å². The van der Waals surface area contributed by atoms with E-state index < -0.39 is 0 Å². The molecule has 0 aliphatic carbocycles. The van der Waals surface area contributed by atoms with E-state index in [0.717, 1.165) is 13.2 Å². The first kappa shape index (κ1) is 5.69. The average molecular weight is 127 g/mol. The van der Waals surface area contributed by atoms with Crippen molar-refractivity contribution in [2.75, 3.05) is 26.8 Å². The fourth-order valence-corrected chi connectivity index (χ4v) is 1.75. The van der Waals surface area contributed by atoms with Crippen LogP contribution < -0.4 is 0 Å². The second kappa shape index (κ2) is 1.70. The van der Waals surface area contributed by atoms with Gasteiger partial charge in [0.05, 0.1) is 6.61 Å². The first-order chi connectivity index (χ1) is 4.33. The minimum absolute atomic E-state index is 0.486. The maximum absolute atomic E-state index is 5.33. The Bertz CT molecular complexity index is 118. The van der Waals surface area contributed by atoms with Crippen molar-refractivity contribution >= 4 is 0 Å². The second-order valence-electron chi connectivity index (χ2n) is 3.20. The molecule has 0 aromatic rings. The molecule has 1 spiro atoms. The van der Waals surface area contributed by atoms with Crippen molar-refractivity contribution in [2.24, 2.45) is 0 Å². The smallest absolute Gasteiger partial charge is 0.0651 e. The molecule has 2 heteroatoms. The van der Waals surface area contributed by atoms with Crippen molar-refractivity contribution < 1.29 is 4.74 Å². The minimum Gasteiger partial charge on any atom is -0.379 e. The molecule has 1 atom stereocenters. The summed E-state index contributed by atoms with van der Waals surface area (Å²) in [6.07, 6.45) is 2.60. The monoisotopic (exact) mass is 127 g/mol. The van der Waals surface area contributed by atoms with Crippen molar-refractivity contribution in [3.8, 4) is 0 Å². The van der Waals surface area contributed by atoms with E-state index in [1.807, 2.05) is 0 Å². The van der Waals surface area contributed by atoms with E-state index in [2.05, 4.69) is 11.9 Å². The highest BCUT2D eigenvalue weighted by atomic mass is 16.5. The zero-order valence-electron chi connectivity index (χ0n) is 5.89. The van der Waals surface area contributed by atoms with Gasteiger partial charge in [0.15, 0.2) is 0 Å². The van der Waals surface area contributed by atoms with Gasteiger partial charge in [-0.15, -0.1) is 0 Å². The molecular weight excluding hydrogens is 114 g/mol. The molecule has 2 saturated heterocycles. The highest BCUT2D eigenvalue weighted by Gasteiger charge is 2.44. The molecule has 2 heterocycles. The summed E-state index contributed by atoms with van der Waals surface area (Å²) in [5.74, 6) is 0. The third-order valence-corrected chi connectivity index (χ3v) is 2.80. The lowest BCUT2D eigenvalue weighted by Crippen LogP contribution is -2.58. The molecule has 0 amide bonds. The van der Waals surface area contributed by atoms with Crippen LogP contribution in [0.3, 0.4) is 0 Å². The number of hydrogen-bond donors (Lipinski definition) is 0. The van der Waals surface area contributed by atoms with Crippen LogP contribution in [0.5, 0.6) is 0 Å². The molecule has 0 aromatic heterocycles. The average Bonchev–Trinajstić information content (AvgIpc) is 2.34. The predicted molar refractivity (Wildman–Crippen MR) is 35.4 cm³/mol. The van der Waals surface area contributed by atoms with E-state index >= 15 is 0 Å². The van der Waals surface area contributed by atoms with E-state index in [1.54, 1.807) is 0 Å². The fourth-order valence-electron chi connectivity index (χ4n) is 1.75. The number of likely N-dealkylation sites (N-methyl/N-ethyl adjacent to an activating group) is 1. The summed E-state index contributed by atoms with van der Waals surface area (Å²) in [6.45, 7) is 3.22. The highest BCUT2D eigenvalue weighted by Crippen LogP contribution is 2.35. The zero-order valence-corrected chi connectivity index (χ0v) is 5.89. The molecule has 0 aromatic carbocycles. The largest absolute Gasteiger partial charge is 0.379 e. The number of hydrogen-bond acceptors (Lipinski definition) is 2. The van der Waals surface area contributed by atoms with E-state index in [0.29, 0.717) is 5.54 Å². The van der Waals surface area contributed by atoms with Gasteiger partial charge in [-0.2, -0.15) is 0 Å². The number of likely N-dealkylation sites (tertiary alicyclic amines) is 1. The molecule has 0 bridgehead atoms. The predicted octanol–water partition coefficient (Wildman–Crippen LogP) is 0.481. The van der Waals surface area contributed by atoms with Crippen LogP contribution in [0.25, 0.3) is 0 Å². The summed E-state index contributed by atoms with van der Waals surface area (Å²) in [6, 6.07) is 0. The van der Waals surface area contributed by atoms with Crippen LogP contribution in [0, 0.1) is 0 Å². The molecule has 2 aliphatic rings. The van der Waals surface area contributed by atoms with E-state index in [9.17, 15) is 0 Å². The van der Waals surface area contributed by atoms with Crippen LogP contribution >= 0.6 is 0 Å². The fraction of sp³-hybridized carbons (Fsp3) is 1.00. The molecule has 1 unspecified atom stereocenters. The standard InChI is InChI=1S/C7H13NO/c1-8-4-2-7(8)3-5-9-6-7/h2-6H2,1H3. The number of nitrogens with zero attached hydrogens (tertiary/aromatic N) is 1. The summed E-state index contributed by atoms with van der Waals surface area (Å²) in [5.41, 5.74) is 0.486. The third kappa shape index (κ3) is 0.634. The molecule has 2 rings (SSSR count). The van der Waals surface area contributed by atoms with Gasteiger partial charge in [-0.1, -0.05) is 0 Å². The summed E-state index contributed by atoms with van der Waals surface area (Å²) in [7, 11) is 2.19. The van der Waals surface area contributed by atoms with Gasteiger partial charge in [-0.05, 0) is 19.9 Å². The van der Waals surface area contributed by atoms with Gasteiger partial charge in [0.2, 0.25) is 0 Å². The third-order valence-electron chi connectivity index (χ3n) is 2.80. The molecule has 0 N–H and O–H groups in total. The van der Waals surface area contributed by atoms with Crippen molar-refractivity contribution in [1.29, 1.82) is 0 Å². The molecule has 52 valence electrons. The van der Waals surface area contributed by atoms with Crippen LogP contribution in [0.2, 0.25) is 0 Å². The van der Waals surface area contributed by atoms with Crippen molar-refractivity contribution in [3.05, 3.63) is 0 Å². The first-order valence-corrected chi connectivity index (χ1v) is 3.63. The molecule has 2 nitrogen and oxygen atoms in total. The Labute approximate surface area is 55.8 Å². The second-order valence-corrected chi connectivity index (χ2v) is 3.20. The van der Waals surface area contributed by atoms with Crippen LogP contribution in [0.15, 0.2) is 0 Å². The molecule has 2 aliphatic heterocycles. The van der Waals surface area contributed by atoms with Crippen LogP contribution in [-0.4, -0.2) is 37.2 Å². The summed E-state index contributed by atoms with van der Waals surface area (Å²) in [4.78, 5) is 2.42. The van der Waals surface area contributed by atoms with Gasteiger partial charge in [0.1, 0.15) is 0 Å². The Hall–Kier alpha value is -0.0800. The van der Waals surface area contributed by atoms with Crippen molar-refractivity contribution in [1.82, 2.24) is 4.90 Å². The highest BCUT2D eigenvalue weighted by molar-refractivity contribution is 5.00. The quantitative estimate of drug-likeness (QED) is 0.469. The normalized spacial score (nSPS) is 43.7. The lowest BCUT2D eigenvalue weighted by molar-refractivity contribution is 0.00244. The Morgan fingerprint density at radius 1 is 1.44 bits per heavy atom. The van der Waals surface area contributed by atoms with Gasteiger partial charge in [-0.25, -0.2) is 0 Å². The Morgan fingerprint density at radius 3 is 2.56 bits per heavy atom. The molecular formula is C7H13NO. The molecule has 0 radical (unpaired) electrons. The van der Waals surface area contributed by atoms with Gasteiger partial charge >= 0.3 is 0 Å². The maximum Gasteiger partial charge on any atom is 0.0651 e. The molecule has 9 heavy (non-hydrogen) atoms. The summed E-state index contributed by atoms with van der Waals surface area (Å²) < 4.78 is 5.33. The van der Waals surface area contributed by atoms with Crippen molar-refractivity contribution in [3.63, 3.8) is 0 Å². The zero-order chi connectivity index (χ0) is 6.32. The maximum atomic E-state index is 5.33. The Kier molecular flexibility index (Phi) is 1.08. The molecule has 2 fully saturated rings. The number of rotatable bonds is 0. The van der Waals surface area contributed by atoms with Crippen molar-refractivity contribution in [2.45, 2.75) is 18.4 Å². The van der Waals surface area contributed by atoms with Gasteiger partial charge in [-0.3, -0.25) is 4.90 Å². The number of ether oxygens (including phenoxy) is 1. The minimum atomic E-state index is 0.486. The van der Waals surface area contributed by atoms with Crippen LogP contribution in [-0.2, 0) is 4.74 Å². The van der Waals surface area contributed by atoms with Crippen LogP contribution in [0.4, 0.5) is 0 Å². The van der Waals surface area contributed by atoms with Crippen LogP contribution in [0.1, 0.15) is 12.8 Å². The topological polar surface area (TPSA) is 12.5 Å². The lowest BCUT2D eigenvalue weighted by atomic mass is 9.85. The first-order valence-electron chi connectivity index (χ1n) is 3.63. The molecule has 0 saturated carbocycles. The van der Waals surface area contributed by atoms with E-state index in [1.165, 1.54) is 19.4 Å². The van der Waals surface area contributed by atoms with E-state index in [-0.39, 0.29) is 0 Å². The lowest BCUT2D eigenvalue weighted by Gasteiger charge is -2.47. The Morgan fingerprint density at radius 2 is 2.33 bits per heavy atom. The van der Waals surface area contributed by atoms with Gasteiger partial charge < -0.3 is 4.74 Å². The SMILES string of the molecule is CN1CCC12CCOC2. The van der Waals surface area contributed by atoms with Gasteiger partial charge in [0, 0.05) is 18.7 Å². The Balaban J connectivity index is 2.06. The summed E-state index contributed by atoms with van der Waals surface area (Å²) >= 11 is 0. The summed E-state index contributed by atoms with van der Waals surface area (Å²) in [5, 5.41) is 0. The van der Waals surface area contributed by atoms with E-state index in [4.69, 9.17) is 4.74 Å².